The maximum Gasteiger partial charge on any atom is 0.264 e. The van der Waals surface area contributed by atoms with Gasteiger partial charge in [0.25, 0.3) is 16.0 Å². The van der Waals surface area contributed by atoms with E-state index in [1.54, 1.807) is 17.0 Å². The fourth-order valence-corrected chi connectivity index (χ4v) is 5.77. The third kappa shape index (κ3) is 5.43. The Morgan fingerprint density at radius 2 is 1.83 bits per heavy atom. The van der Waals surface area contributed by atoms with Crippen LogP contribution in [0.3, 0.4) is 0 Å². The first-order chi connectivity index (χ1) is 16.8. The molecule has 0 radical (unpaired) electrons. The van der Waals surface area contributed by atoms with Crippen molar-refractivity contribution >= 4 is 16.0 Å². The highest BCUT2D eigenvalue weighted by molar-refractivity contribution is 7.86. The van der Waals surface area contributed by atoms with Crippen molar-refractivity contribution in [3.8, 4) is 0 Å². The van der Waals surface area contributed by atoms with Gasteiger partial charge < -0.3 is 14.4 Å². The van der Waals surface area contributed by atoms with E-state index < -0.39 is 34.5 Å². The van der Waals surface area contributed by atoms with Crippen molar-refractivity contribution < 1.29 is 31.3 Å². The summed E-state index contributed by atoms with van der Waals surface area (Å²) in [6.07, 6.45) is 2.57. The number of halogens is 1. The summed E-state index contributed by atoms with van der Waals surface area (Å²) in [6.45, 7) is 0.552. The number of ether oxygens (including phenoxy) is 2. The van der Waals surface area contributed by atoms with Gasteiger partial charge in [0.1, 0.15) is 24.1 Å². The van der Waals surface area contributed by atoms with Crippen LogP contribution in [-0.2, 0) is 35.0 Å². The molecule has 0 spiro atoms. The molecule has 2 heterocycles. The maximum absolute atomic E-state index is 13.8. The minimum Gasteiger partial charge on any atom is -0.370 e. The smallest absolute Gasteiger partial charge is 0.264 e. The van der Waals surface area contributed by atoms with E-state index in [-0.39, 0.29) is 30.9 Å². The molecule has 9 heteroatoms. The third-order valence-electron chi connectivity index (χ3n) is 7.07. The molecule has 5 rings (SSSR count). The van der Waals surface area contributed by atoms with E-state index >= 15 is 0 Å². The van der Waals surface area contributed by atoms with Crippen molar-refractivity contribution in [2.75, 3.05) is 19.4 Å². The van der Waals surface area contributed by atoms with Gasteiger partial charge >= 0.3 is 0 Å². The average Bonchev–Trinajstić information content (AvgIpc) is 2.80. The number of hydrogen-bond donors (Lipinski definition) is 0. The summed E-state index contributed by atoms with van der Waals surface area (Å²) >= 11 is 0. The molecule has 2 aliphatic heterocycles. The second-order valence-electron chi connectivity index (χ2n) is 9.56. The Hall–Kier alpha value is -2.33. The molecule has 0 unspecified atom stereocenters. The van der Waals surface area contributed by atoms with E-state index in [0.717, 1.165) is 42.2 Å². The summed E-state index contributed by atoms with van der Waals surface area (Å²) in [6, 6.07) is 13.7. The molecule has 0 N–H and O–H groups in total. The monoisotopic (exact) mass is 503 g/mol. The summed E-state index contributed by atoms with van der Waals surface area (Å²) < 4.78 is 54.9. The summed E-state index contributed by atoms with van der Waals surface area (Å²) in [5.41, 5.74) is 2.94. The van der Waals surface area contributed by atoms with Crippen LogP contribution >= 0.6 is 0 Å². The van der Waals surface area contributed by atoms with E-state index in [9.17, 15) is 17.6 Å². The molecule has 3 aliphatic rings. The van der Waals surface area contributed by atoms with Crippen LogP contribution in [0.2, 0.25) is 0 Å². The van der Waals surface area contributed by atoms with Crippen LogP contribution in [0.25, 0.3) is 0 Å². The van der Waals surface area contributed by atoms with Gasteiger partial charge in [-0.25, -0.2) is 4.39 Å². The van der Waals surface area contributed by atoms with Gasteiger partial charge in [0.2, 0.25) is 0 Å². The SMILES string of the molecule is CS(=O)(=O)O[C@H]1C[C@H](C(=O)N2CCc3ccccc3[C@@H]2c2ccc(F)cc2)OC[C@@H]1OC1CCC1. The zero-order chi connectivity index (χ0) is 24.6. The quantitative estimate of drug-likeness (QED) is 0.563. The van der Waals surface area contributed by atoms with Crippen molar-refractivity contribution in [1.82, 2.24) is 4.90 Å². The summed E-state index contributed by atoms with van der Waals surface area (Å²) in [5.74, 6) is -0.581. The molecule has 1 saturated heterocycles. The van der Waals surface area contributed by atoms with Crippen LogP contribution in [0, 0.1) is 5.82 Å². The van der Waals surface area contributed by atoms with Gasteiger partial charge in [-0.15, -0.1) is 0 Å². The van der Waals surface area contributed by atoms with Crippen molar-refractivity contribution in [3.63, 3.8) is 0 Å². The molecular weight excluding hydrogens is 473 g/mol. The molecule has 35 heavy (non-hydrogen) atoms. The standard InChI is InChI=1S/C26H30FNO6S/c1-35(30,31)34-22-15-23(32-16-24(22)33-20-6-4-7-20)26(29)28-14-13-17-5-2-3-8-21(17)25(28)18-9-11-19(27)12-10-18/h2-3,5,8-12,20,22-25H,4,6-7,13-16H2,1H3/t22-,23+,24-,25-/m0/s1. The first-order valence-corrected chi connectivity index (χ1v) is 13.9. The minimum atomic E-state index is -3.75. The second-order valence-corrected chi connectivity index (χ2v) is 11.2. The molecule has 1 aliphatic carbocycles. The number of nitrogens with zero attached hydrogens (tertiary/aromatic N) is 1. The first-order valence-electron chi connectivity index (χ1n) is 12.1. The second kappa shape index (κ2) is 9.97. The zero-order valence-corrected chi connectivity index (χ0v) is 20.5. The van der Waals surface area contributed by atoms with E-state index in [1.807, 2.05) is 24.3 Å². The molecule has 7 nitrogen and oxygen atoms in total. The molecule has 0 bridgehead atoms. The molecule has 1 saturated carbocycles. The lowest BCUT2D eigenvalue weighted by Gasteiger charge is -2.42. The molecule has 4 atom stereocenters. The van der Waals surface area contributed by atoms with Crippen molar-refractivity contribution in [1.29, 1.82) is 0 Å². The number of carbonyl (C=O) groups excluding carboxylic acids is 1. The van der Waals surface area contributed by atoms with Gasteiger partial charge in [0, 0.05) is 13.0 Å². The van der Waals surface area contributed by atoms with Crippen molar-refractivity contribution in [2.24, 2.45) is 0 Å². The van der Waals surface area contributed by atoms with Gasteiger partial charge in [0.15, 0.2) is 0 Å². The van der Waals surface area contributed by atoms with Crippen molar-refractivity contribution in [3.05, 3.63) is 71.0 Å². The molecule has 2 aromatic carbocycles. The van der Waals surface area contributed by atoms with E-state index in [4.69, 9.17) is 13.7 Å². The Kier molecular flexibility index (Phi) is 6.94. The predicted molar refractivity (Wildman–Crippen MR) is 127 cm³/mol. The largest absolute Gasteiger partial charge is 0.370 e. The van der Waals surface area contributed by atoms with Crippen LogP contribution < -0.4 is 0 Å². The number of benzene rings is 2. The fraction of sp³-hybridized carbons (Fsp3) is 0.500. The number of amides is 1. The van der Waals surface area contributed by atoms with Gasteiger partial charge in [-0.2, -0.15) is 8.42 Å². The highest BCUT2D eigenvalue weighted by atomic mass is 32.2. The van der Waals surface area contributed by atoms with Crippen LogP contribution in [0.4, 0.5) is 4.39 Å². The predicted octanol–water partition coefficient (Wildman–Crippen LogP) is 3.37. The molecule has 1 amide bonds. The van der Waals surface area contributed by atoms with Gasteiger partial charge in [-0.3, -0.25) is 8.98 Å². The van der Waals surface area contributed by atoms with Crippen LogP contribution in [-0.4, -0.2) is 63.0 Å². The highest BCUT2D eigenvalue weighted by Crippen LogP contribution is 2.37. The fourth-order valence-electron chi connectivity index (χ4n) is 5.12. The number of hydrogen-bond acceptors (Lipinski definition) is 6. The summed E-state index contributed by atoms with van der Waals surface area (Å²) in [4.78, 5) is 15.6. The summed E-state index contributed by atoms with van der Waals surface area (Å²) in [5, 5.41) is 0. The minimum absolute atomic E-state index is 0.0722. The van der Waals surface area contributed by atoms with Gasteiger partial charge in [-0.05, 0) is 54.5 Å². The van der Waals surface area contributed by atoms with E-state index in [1.165, 1.54) is 12.1 Å². The van der Waals surface area contributed by atoms with Crippen LogP contribution in [0.15, 0.2) is 48.5 Å². The molecule has 2 aromatic rings. The Labute approximate surface area is 205 Å². The molecule has 2 fully saturated rings. The highest BCUT2D eigenvalue weighted by Gasteiger charge is 2.43. The Balaban J connectivity index is 1.40. The topological polar surface area (TPSA) is 82.1 Å². The lowest BCUT2D eigenvalue weighted by Crippen LogP contribution is -2.53. The normalized spacial score (nSPS) is 27.2. The molecule has 188 valence electrons. The maximum atomic E-state index is 13.8. The van der Waals surface area contributed by atoms with Gasteiger partial charge in [0.05, 0.1) is 25.0 Å². The lowest BCUT2D eigenvalue weighted by molar-refractivity contribution is -0.181. The van der Waals surface area contributed by atoms with E-state index in [0.29, 0.717) is 13.0 Å². The van der Waals surface area contributed by atoms with Gasteiger partial charge in [-0.1, -0.05) is 36.4 Å². The van der Waals surface area contributed by atoms with Crippen molar-refractivity contribution in [2.45, 2.75) is 62.6 Å². The van der Waals surface area contributed by atoms with Crippen LogP contribution in [0.1, 0.15) is 48.4 Å². The number of rotatable bonds is 6. The lowest BCUT2D eigenvalue weighted by atomic mass is 9.87. The Morgan fingerprint density at radius 3 is 2.51 bits per heavy atom. The van der Waals surface area contributed by atoms with Crippen LogP contribution in [0.5, 0.6) is 0 Å². The zero-order valence-electron chi connectivity index (χ0n) is 19.6. The average molecular weight is 504 g/mol. The summed E-state index contributed by atoms with van der Waals surface area (Å²) in [7, 11) is -3.75. The molecular formula is C26H30FNO6S. The number of fused-ring (bicyclic) bond motifs is 1. The first kappa shape index (κ1) is 24.4. The molecule has 0 aromatic heterocycles. The number of carbonyl (C=O) groups is 1. The Morgan fingerprint density at radius 1 is 1.09 bits per heavy atom. The van der Waals surface area contributed by atoms with E-state index in [2.05, 4.69) is 0 Å². The third-order valence-corrected chi connectivity index (χ3v) is 7.66. The Bertz CT molecular complexity index is 1170.